The quantitative estimate of drug-likeness (QED) is 0.701. The number of ether oxygens (including phenoxy) is 1. The van der Waals surface area contributed by atoms with Crippen LogP contribution in [-0.4, -0.2) is 49.7 Å². The van der Waals surface area contributed by atoms with Gasteiger partial charge in [-0.05, 0) is 46.9 Å². The molecule has 0 atom stereocenters. The number of tetrazole rings is 1. The summed E-state index contributed by atoms with van der Waals surface area (Å²) in [6, 6.07) is 6.10. The second-order valence-corrected chi connectivity index (χ2v) is 8.80. The number of hydrogen-bond donors (Lipinski definition) is 1. The van der Waals surface area contributed by atoms with Crippen LogP contribution in [0.1, 0.15) is 49.8 Å². The third-order valence-corrected chi connectivity index (χ3v) is 6.86. The number of carbonyl (C=O) groups is 1. The second-order valence-electron chi connectivity index (χ2n) is 8.80. The Morgan fingerprint density at radius 1 is 1.27 bits per heavy atom. The maximum atomic E-state index is 13.4. The highest BCUT2D eigenvalue weighted by molar-refractivity contribution is 5.87. The van der Waals surface area contributed by atoms with Crippen molar-refractivity contribution in [1.29, 1.82) is 0 Å². The summed E-state index contributed by atoms with van der Waals surface area (Å²) < 4.78 is 7.20. The molecule has 1 aromatic carbocycles. The molecular weight excluding hydrogens is 380 g/mol. The topological polar surface area (TPSA) is 88.9 Å². The van der Waals surface area contributed by atoms with E-state index in [4.69, 9.17) is 4.74 Å². The summed E-state index contributed by atoms with van der Waals surface area (Å²) in [5, 5.41) is 12.8. The van der Waals surface area contributed by atoms with E-state index in [0.29, 0.717) is 13.0 Å². The molecule has 8 heteroatoms. The molecule has 0 spiro atoms. The first kappa shape index (κ1) is 19.1. The second kappa shape index (κ2) is 7.74. The van der Waals surface area contributed by atoms with Crippen LogP contribution in [0.5, 0.6) is 5.75 Å². The van der Waals surface area contributed by atoms with E-state index in [1.807, 2.05) is 11.0 Å². The number of fused-ring (bicyclic) bond motifs is 3. The van der Waals surface area contributed by atoms with Crippen LogP contribution < -0.4 is 4.74 Å². The van der Waals surface area contributed by atoms with Gasteiger partial charge in [-0.2, -0.15) is 0 Å². The van der Waals surface area contributed by atoms with E-state index in [9.17, 15) is 4.79 Å². The SMILES string of the molecule is COc1ccc2[nH]c3c(c2c1)CN(C(=O)CC1(Cn2cnnn2)CCCCC1)CC3. The van der Waals surface area contributed by atoms with Crippen molar-refractivity contribution in [2.24, 2.45) is 5.41 Å². The van der Waals surface area contributed by atoms with Crippen molar-refractivity contribution in [2.45, 2.75) is 58.0 Å². The molecule has 2 aromatic heterocycles. The summed E-state index contributed by atoms with van der Waals surface area (Å²) in [5.41, 5.74) is 3.52. The third kappa shape index (κ3) is 3.55. The number of hydrogen-bond acceptors (Lipinski definition) is 5. The van der Waals surface area contributed by atoms with Gasteiger partial charge in [0.25, 0.3) is 0 Å². The van der Waals surface area contributed by atoms with Crippen molar-refractivity contribution >= 4 is 16.8 Å². The van der Waals surface area contributed by atoms with Crippen LogP contribution in [0.25, 0.3) is 10.9 Å². The Balaban J connectivity index is 1.36. The van der Waals surface area contributed by atoms with Gasteiger partial charge in [0.1, 0.15) is 12.1 Å². The van der Waals surface area contributed by atoms with Gasteiger partial charge in [0.05, 0.1) is 13.7 Å². The number of carbonyl (C=O) groups excluding carboxylic acids is 1. The molecule has 1 N–H and O–H groups in total. The van der Waals surface area contributed by atoms with E-state index in [-0.39, 0.29) is 11.3 Å². The third-order valence-electron chi connectivity index (χ3n) is 6.86. The summed E-state index contributed by atoms with van der Waals surface area (Å²) >= 11 is 0. The van der Waals surface area contributed by atoms with Gasteiger partial charge in [0.2, 0.25) is 5.91 Å². The molecule has 1 amide bonds. The lowest BCUT2D eigenvalue weighted by atomic mass is 9.71. The monoisotopic (exact) mass is 408 g/mol. The van der Waals surface area contributed by atoms with Crippen molar-refractivity contribution < 1.29 is 9.53 Å². The van der Waals surface area contributed by atoms with Crippen molar-refractivity contribution in [3.8, 4) is 5.75 Å². The molecule has 5 rings (SSSR count). The first-order valence-corrected chi connectivity index (χ1v) is 10.8. The highest BCUT2D eigenvalue weighted by Crippen LogP contribution is 2.41. The smallest absolute Gasteiger partial charge is 0.223 e. The van der Waals surface area contributed by atoms with E-state index in [1.54, 1.807) is 18.1 Å². The average Bonchev–Trinajstić information content (AvgIpc) is 3.40. The number of methoxy groups -OCH3 is 1. The number of nitrogens with zero attached hydrogens (tertiary/aromatic N) is 5. The van der Waals surface area contributed by atoms with E-state index in [0.717, 1.165) is 49.0 Å². The summed E-state index contributed by atoms with van der Waals surface area (Å²) in [6.07, 6.45) is 8.78. The Labute approximate surface area is 175 Å². The molecule has 30 heavy (non-hydrogen) atoms. The lowest BCUT2D eigenvalue weighted by molar-refractivity contribution is -0.135. The zero-order valence-corrected chi connectivity index (χ0v) is 17.4. The average molecular weight is 409 g/mol. The first-order valence-electron chi connectivity index (χ1n) is 10.8. The highest BCUT2D eigenvalue weighted by atomic mass is 16.5. The molecule has 0 radical (unpaired) electrons. The Hall–Kier alpha value is -2.90. The van der Waals surface area contributed by atoms with Gasteiger partial charge >= 0.3 is 0 Å². The molecule has 0 unspecified atom stereocenters. The predicted octanol–water partition coefficient (Wildman–Crippen LogP) is 3.09. The molecule has 3 heterocycles. The fourth-order valence-corrected chi connectivity index (χ4v) is 5.25. The van der Waals surface area contributed by atoms with E-state index in [2.05, 4.69) is 32.6 Å². The summed E-state index contributed by atoms with van der Waals surface area (Å²) in [6.45, 7) is 2.13. The first-order chi connectivity index (χ1) is 14.7. The van der Waals surface area contributed by atoms with Crippen LogP contribution in [0, 0.1) is 5.41 Å². The number of benzene rings is 1. The minimum atomic E-state index is -0.0472. The van der Waals surface area contributed by atoms with E-state index in [1.165, 1.54) is 30.5 Å². The lowest BCUT2D eigenvalue weighted by Gasteiger charge is -2.38. The molecule has 1 aliphatic heterocycles. The van der Waals surface area contributed by atoms with Gasteiger partial charge in [0, 0.05) is 48.1 Å². The molecule has 158 valence electrons. The normalized spacial score (nSPS) is 18.4. The van der Waals surface area contributed by atoms with Crippen molar-refractivity contribution in [1.82, 2.24) is 30.1 Å². The number of amides is 1. The van der Waals surface area contributed by atoms with E-state index >= 15 is 0 Å². The number of H-pyrrole nitrogens is 1. The molecule has 0 bridgehead atoms. The lowest BCUT2D eigenvalue weighted by Crippen LogP contribution is -2.41. The van der Waals surface area contributed by atoms with Crippen LogP contribution in [-0.2, 0) is 24.3 Å². The minimum absolute atomic E-state index is 0.0472. The molecule has 3 aromatic rings. The fraction of sp³-hybridized carbons (Fsp3) is 0.545. The van der Waals surface area contributed by atoms with Crippen LogP contribution >= 0.6 is 0 Å². The largest absolute Gasteiger partial charge is 0.497 e. The van der Waals surface area contributed by atoms with E-state index < -0.39 is 0 Å². The predicted molar refractivity (Wildman–Crippen MR) is 112 cm³/mol. The molecular formula is C22H28N6O2. The fourth-order valence-electron chi connectivity index (χ4n) is 5.25. The number of aromatic amines is 1. The Kier molecular flexibility index (Phi) is 4.92. The summed E-state index contributed by atoms with van der Waals surface area (Å²) in [4.78, 5) is 19.0. The van der Waals surface area contributed by atoms with Crippen LogP contribution in [0.3, 0.4) is 0 Å². The van der Waals surface area contributed by atoms with Crippen molar-refractivity contribution in [2.75, 3.05) is 13.7 Å². The van der Waals surface area contributed by atoms with Crippen molar-refractivity contribution in [3.05, 3.63) is 35.8 Å². The molecule has 2 aliphatic rings. The Morgan fingerprint density at radius 2 is 2.13 bits per heavy atom. The van der Waals surface area contributed by atoms with Gasteiger partial charge in [-0.1, -0.05) is 19.3 Å². The van der Waals surface area contributed by atoms with Gasteiger partial charge in [0.15, 0.2) is 0 Å². The molecule has 1 saturated carbocycles. The van der Waals surface area contributed by atoms with Crippen molar-refractivity contribution in [3.63, 3.8) is 0 Å². The van der Waals surface area contributed by atoms with Gasteiger partial charge < -0.3 is 14.6 Å². The number of rotatable bonds is 5. The number of nitrogens with one attached hydrogen (secondary N) is 1. The maximum Gasteiger partial charge on any atom is 0.223 e. The number of aromatic nitrogens is 5. The maximum absolute atomic E-state index is 13.4. The zero-order chi connectivity index (χ0) is 20.6. The van der Waals surface area contributed by atoms with Gasteiger partial charge in [-0.3, -0.25) is 4.79 Å². The molecule has 8 nitrogen and oxygen atoms in total. The molecule has 0 saturated heterocycles. The van der Waals surface area contributed by atoms with Crippen LogP contribution in [0.4, 0.5) is 0 Å². The summed E-state index contributed by atoms with van der Waals surface area (Å²) in [5.74, 6) is 1.09. The molecule has 1 aliphatic carbocycles. The Morgan fingerprint density at radius 3 is 2.90 bits per heavy atom. The standard InChI is InChI=1S/C22H28N6O2/c1-30-16-5-6-19-17(11-16)18-13-27(10-7-20(18)24-19)21(29)12-22(8-3-2-4-9-22)14-28-15-23-25-26-28/h5-6,11,15,24H,2-4,7-10,12-14H2,1H3. The highest BCUT2D eigenvalue weighted by Gasteiger charge is 2.37. The zero-order valence-electron chi connectivity index (χ0n) is 17.4. The van der Waals surface area contributed by atoms with Crippen LogP contribution in [0.15, 0.2) is 24.5 Å². The summed E-state index contributed by atoms with van der Waals surface area (Å²) in [7, 11) is 1.68. The Bertz CT molecular complexity index is 1040. The van der Waals surface area contributed by atoms with Gasteiger partial charge in [-0.15, -0.1) is 5.10 Å². The van der Waals surface area contributed by atoms with Gasteiger partial charge in [-0.25, -0.2) is 4.68 Å². The van der Waals surface area contributed by atoms with Crippen LogP contribution in [0.2, 0.25) is 0 Å². The minimum Gasteiger partial charge on any atom is -0.497 e. The molecule has 1 fully saturated rings.